The topological polar surface area (TPSA) is 105 Å². The average Bonchev–Trinajstić information content (AvgIpc) is 2.57. The number of aromatic nitrogens is 2. The molecular formula is C9H11BrN2O5. The standard InChI is InChI=1S/C9H11BrN2O5/c10-6-7(15)4(3-13)17-8(6)12-2-1-5(14)11-9(12)16/h1-2,4,6-8,13,15H,3H2,(H,11,14,16)/t4-,6?,7+,8-/m1/s1. The molecule has 1 fully saturated rings. The van der Waals surface area contributed by atoms with Crippen molar-refractivity contribution in [3.8, 4) is 0 Å². The summed E-state index contributed by atoms with van der Waals surface area (Å²) in [6, 6.07) is 1.18. The second kappa shape index (κ2) is 4.73. The van der Waals surface area contributed by atoms with E-state index in [0.29, 0.717) is 0 Å². The number of aliphatic hydroxyl groups is 2. The maximum Gasteiger partial charge on any atom is 0.330 e. The van der Waals surface area contributed by atoms with Gasteiger partial charge < -0.3 is 14.9 Å². The van der Waals surface area contributed by atoms with E-state index in [2.05, 4.69) is 20.9 Å². The third-order valence-corrected chi connectivity index (χ3v) is 3.59. The van der Waals surface area contributed by atoms with Gasteiger partial charge in [0.1, 0.15) is 6.10 Å². The van der Waals surface area contributed by atoms with E-state index in [1.54, 1.807) is 0 Å². The number of aromatic amines is 1. The number of rotatable bonds is 2. The lowest BCUT2D eigenvalue weighted by Gasteiger charge is -2.16. The summed E-state index contributed by atoms with van der Waals surface area (Å²) in [5, 5.41) is 18.7. The molecule has 1 aromatic rings. The van der Waals surface area contributed by atoms with Crippen LogP contribution in [0.25, 0.3) is 0 Å². The van der Waals surface area contributed by atoms with Gasteiger partial charge in [-0.05, 0) is 0 Å². The van der Waals surface area contributed by atoms with Crippen molar-refractivity contribution in [1.29, 1.82) is 0 Å². The van der Waals surface area contributed by atoms with Crippen molar-refractivity contribution in [3.05, 3.63) is 33.1 Å². The van der Waals surface area contributed by atoms with Crippen molar-refractivity contribution < 1.29 is 14.9 Å². The van der Waals surface area contributed by atoms with Gasteiger partial charge in [0.25, 0.3) is 5.56 Å². The molecule has 0 radical (unpaired) electrons. The monoisotopic (exact) mass is 306 g/mol. The van der Waals surface area contributed by atoms with Crippen LogP contribution < -0.4 is 11.2 Å². The van der Waals surface area contributed by atoms with Crippen LogP contribution >= 0.6 is 15.9 Å². The van der Waals surface area contributed by atoms with E-state index in [1.165, 1.54) is 12.3 Å². The minimum Gasteiger partial charge on any atom is -0.394 e. The molecule has 1 aliphatic heterocycles. The van der Waals surface area contributed by atoms with Crippen LogP contribution in [0.1, 0.15) is 6.23 Å². The Morgan fingerprint density at radius 1 is 1.53 bits per heavy atom. The predicted molar refractivity (Wildman–Crippen MR) is 61.0 cm³/mol. The first kappa shape index (κ1) is 12.5. The van der Waals surface area contributed by atoms with Crippen molar-refractivity contribution in [1.82, 2.24) is 9.55 Å². The average molecular weight is 307 g/mol. The van der Waals surface area contributed by atoms with Crippen molar-refractivity contribution in [3.63, 3.8) is 0 Å². The zero-order valence-electron chi connectivity index (χ0n) is 8.62. The van der Waals surface area contributed by atoms with E-state index in [4.69, 9.17) is 9.84 Å². The predicted octanol–water partition coefficient (Wildman–Crippen LogP) is -1.45. The number of alkyl halides is 1. The van der Waals surface area contributed by atoms with Gasteiger partial charge in [-0.15, -0.1) is 0 Å². The molecule has 0 amide bonds. The molecule has 94 valence electrons. The maximum absolute atomic E-state index is 11.5. The van der Waals surface area contributed by atoms with Crippen LogP contribution in [0, 0.1) is 0 Å². The summed E-state index contributed by atoms with van der Waals surface area (Å²) in [5.41, 5.74) is -1.13. The normalized spacial score (nSPS) is 32.9. The highest BCUT2D eigenvalue weighted by molar-refractivity contribution is 9.09. The van der Waals surface area contributed by atoms with E-state index < -0.39 is 34.5 Å². The van der Waals surface area contributed by atoms with Gasteiger partial charge in [0.05, 0.1) is 17.5 Å². The number of aliphatic hydroxyl groups excluding tert-OH is 2. The molecule has 0 aromatic carbocycles. The molecule has 0 bridgehead atoms. The molecular weight excluding hydrogens is 296 g/mol. The molecule has 1 unspecified atom stereocenters. The summed E-state index contributed by atoms with van der Waals surface area (Å²) in [4.78, 5) is 24.0. The van der Waals surface area contributed by atoms with Gasteiger partial charge in [0, 0.05) is 12.3 Å². The van der Waals surface area contributed by atoms with Crippen molar-refractivity contribution in [2.45, 2.75) is 23.3 Å². The lowest BCUT2D eigenvalue weighted by Crippen LogP contribution is -2.35. The first-order valence-electron chi connectivity index (χ1n) is 4.94. The van der Waals surface area contributed by atoms with Crippen LogP contribution in [0.2, 0.25) is 0 Å². The molecule has 0 aliphatic carbocycles. The highest BCUT2D eigenvalue weighted by Gasteiger charge is 2.43. The lowest BCUT2D eigenvalue weighted by molar-refractivity contribution is -0.0456. The summed E-state index contributed by atoms with van der Waals surface area (Å²) in [5.74, 6) is 0. The molecule has 1 aromatic heterocycles. The van der Waals surface area contributed by atoms with Crippen LogP contribution in [0.4, 0.5) is 0 Å². The second-order valence-electron chi connectivity index (χ2n) is 3.70. The number of H-pyrrole nitrogens is 1. The van der Waals surface area contributed by atoms with Gasteiger partial charge in [-0.1, -0.05) is 15.9 Å². The van der Waals surface area contributed by atoms with E-state index >= 15 is 0 Å². The fourth-order valence-corrected chi connectivity index (χ4v) is 2.43. The maximum atomic E-state index is 11.5. The van der Waals surface area contributed by atoms with Crippen LogP contribution in [-0.2, 0) is 4.74 Å². The Labute approximate surface area is 104 Å². The van der Waals surface area contributed by atoms with E-state index in [-0.39, 0.29) is 6.61 Å². The van der Waals surface area contributed by atoms with Gasteiger partial charge in [-0.2, -0.15) is 0 Å². The quantitative estimate of drug-likeness (QED) is 0.580. The Bertz CT molecular complexity index is 513. The first-order chi connectivity index (χ1) is 8.04. The number of hydrogen-bond acceptors (Lipinski definition) is 5. The van der Waals surface area contributed by atoms with Gasteiger partial charge in [-0.25, -0.2) is 4.79 Å². The number of ether oxygens (including phenoxy) is 1. The summed E-state index contributed by atoms with van der Waals surface area (Å²) < 4.78 is 6.49. The van der Waals surface area contributed by atoms with E-state index in [1.807, 2.05) is 0 Å². The number of nitrogens with one attached hydrogen (secondary N) is 1. The molecule has 7 nitrogen and oxygen atoms in total. The Hall–Kier alpha value is -0.960. The zero-order chi connectivity index (χ0) is 12.6. The fraction of sp³-hybridized carbons (Fsp3) is 0.556. The molecule has 3 N–H and O–H groups in total. The molecule has 1 aliphatic rings. The SMILES string of the molecule is O=c1ccn([C@@H]2O[C@H](CO)[C@H](O)C2Br)c(=O)[nH]1. The van der Waals surface area contributed by atoms with Crippen molar-refractivity contribution in [2.75, 3.05) is 6.61 Å². The Morgan fingerprint density at radius 2 is 2.24 bits per heavy atom. The summed E-state index contributed by atoms with van der Waals surface area (Å²) in [6.45, 7) is -0.349. The Balaban J connectivity index is 2.35. The van der Waals surface area contributed by atoms with Crippen molar-refractivity contribution >= 4 is 15.9 Å². The van der Waals surface area contributed by atoms with Gasteiger partial charge in [-0.3, -0.25) is 14.3 Å². The first-order valence-corrected chi connectivity index (χ1v) is 5.86. The second-order valence-corrected chi connectivity index (χ2v) is 4.76. The lowest BCUT2D eigenvalue weighted by atomic mass is 10.2. The minimum atomic E-state index is -0.927. The smallest absolute Gasteiger partial charge is 0.330 e. The third kappa shape index (κ3) is 2.21. The number of hydrogen-bond donors (Lipinski definition) is 3. The largest absolute Gasteiger partial charge is 0.394 e. The highest BCUT2D eigenvalue weighted by atomic mass is 79.9. The molecule has 17 heavy (non-hydrogen) atoms. The molecule has 0 saturated carbocycles. The van der Waals surface area contributed by atoms with Crippen molar-refractivity contribution in [2.24, 2.45) is 0 Å². The van der Waals surface area contributed by atoms with Crippen LogP contribution in [0.15, 0.2) is 21.9 Å². The molecule has 8 heteroatoms. The van der Waals surface area contributed by atoms with Crippen LogP contribution in [-0.4, -0.2) is 43.4 Å². The van der Waals surface area contributed by atoms with E-state index in [0.717, 1.165) is 4.57 Å². The molecule has 2 heterocycles. The zero-order valence-corrected chi connectivity index (χ0v) is 10.2. The molecule has 0 spiro atoms. The van der Waals surface area contributed by atoms with E-state index in [9.17, 15) is 14.7 Å². The Morgan fingerprint density at radius 3 is 2.76 bits per heavy atom. The third-order valence-electron chi connectivity index (χ3n) is 2.60. The molecule has 4 atom stereocenters. The van der Waals surface area contributed by atoms with Crippen LogP contribution in [0.3, 0.4) is 0 Å². The van der Waals surface area contributed by atoms with Gasteiger partial charge in [0.2, 0.25) is 0 Å². The van der Waals surface area contributed by atoms with Crippen LogP contribution in [0.5, 0.6) is 0 Å². The minimum absolute atomic E-state index is 0.349. The Kier molecular flexibility index (Phi) is 3.48. The van der Waals surface area contributed by atoms with Gasteiger partial charge in [0.15, 0.2) is 6.23 Å². The number of halogens is 1. The summed E-state index contributed by atoms with van der Waals surface area (Å²) >= 11 is 3.20. The number of nitrogens with zero attached hydrogens (tertiary/aromatic N) is 1. The highest BCUT2D eigenvalue weighted by Crippen LogP contribution is 2.33. The fourth-order valence-electron chi connectivity index (χ4n) is 1.71. The summed E-state index contributed by atoms with van der Waals surface area (Å²) in [7, 11) is 0. The molecule has 1 saturated heterocycles. The molecule has 2 rings (SSSR count). The van der Waals surface area contributed by atoms with Gasteiger partial charge >= 0.3 is 5.69 Å². The summed E-state index contributed by atoms with van der Waals surface area (Å²) in [6.07, 6.45) is -1.18.